The number of hydrogen-bond acceptors (Lipinski definition) is 5. The first-order valence-corrected chi connectivity index (χ1v) is 8.78. The number of aromatic nitrogens is 3. The summed E-state index contributed by atoms with van der Waals surface area (Å²) in [4.78, 5) is 10.5. The van der Waals surface area contributed by atoms with Gasteiger partial charge in [0.05, 0.1) is 9.95 Å². The van der Waals surface area contributed by atoms with Gasteiger partial charge in [0.25, 0.3) is 5.69 Å². The number of nitro benzene ring substituents is 1. The molecule has 0 aliphatic rings. The van der Waals surface area contributed by atoms with Crippen LogP contribution < -0.4 is 0 Å². The van der Waals surface area contributed by atoms with Crippen LogP contribution in [0.4, 0.5) is 5.69 Å². The zero-order chi connectivity index (χ0) is 18.0. The van der Waals surface area contributed by atoms with Gasteiger partial charge in [-0.25, -0.2) is 0 Å². The lowest BCUT2D eigenvalue weighted by Gasteiger charge is -2.11. The van der Waals surface area contributed by atoms with Gasteiger partial charge < -0.3 is 4.57 Å². The minimum atomic E-state index is -0.390. The number of rotatable bonds is 5. The Bertz CT molecular complexity index is 929. The zero-order valence-electron chi connectivity index (χ0n) is 13.6. The Kier molecular flexibility index (Phi) is 5.06. The molecule has 3 aromatic rings. The number of nitro groups is 1. The monoisotopic (exact) mass is 374 g/mol. The second-order valence-corrected chi connectivity index (χ2v) is 7.17. The number of non-ortho nitro benzene ring substituents is 1. The van der Waals surface area contributed by atoms with Gasteiger partial charge in [-0.1, -0.05) is 47.6 Å². The Morgan fingerprint density at radius 2 is 1.96 bits per heavy atom. The Morgan fingerprint density at radius 1 is 1.20 bits per heavy atom. The molecule has 0 saturated carbocycles. The first-order valence-electron chi connectivity index (χ1n) is 7.52. The average Bonchev–Trinajstić information content (AvgIpc) is 2.96. The van der Waals surface area contributed by atoms with Gasteiger partial charge in [-0.3, -0.25) is 10.1 Å². The molecule has 3 rings (SSSR count). The molecule has 8 heteroatoms. The summed E-state index contributed by atoms with van der Waals surface area (Å²) in [6.07, 6.45) is 0. The summed E-state index contributed by atoms with van der Waals surface area (Å²) < 4.78 is 1.87. The molecule has 0 aliphatic carbocycles. The van der Waals surface area contributed by atoms with E-state index in [0.29, 0.717) is 16.0 Å². The third kappa shape index (κ3) is 3.67. The van der Waals surface area contributed by atoms with Crippen LogP contribution in [0.25, 0.3) is 11.4 Å². The van der Waals surface area contributed by atoms with Crippen LogP contribution in [0.2, 0.25) is 5.02 Å². The molecule has 0 unspecified atom stereocenters. The van der Waals surface area contributed by atoms with Gasteiger partial charge in [-0.15, -0.1) is 10.2 Å². The van der Waals surface area contributed by atoms with Crippen molar-refractivity contribution in [2.24, 2.45) is 7.05 Å². The molecule has 1 aromatic heterocycles. The molecule has 6 nitrogen and oxygen atoms in total. The van der Waals surface area contributed by atoms with Crippen molar-refractivity contribution in [3.05, 3.63) is 69.2 Å². The lowest BCUT2D eigenvalue weighted by Crippen LogP contribution is -1.98. The molecule has 0 N–H and O–H groups in total. The highest BCUT2D eigenvalue weighted by Crippen LogP contribution is 2.36. The molecule has 1 heterocycles. The van der Waals surface area contributed by atoms with Gasteiger partial charge in [0.1, 0.15) is 0 Å². The minimum absolute atomic E-state index is 0.0121. The summed E-state index contributed by atoms with van der Waals surface area (Å²) in [5.41, 5.74) is 1.76. The highest BCUT2D eigenvalue weighted by molar-refractivity contribution is 7.99. The topological polar surface area (TPSA) is 73.8 Å². The number of thioether (sulfide) groups is 1. The normalized spacial score (nSPS) is 12.1. The van der Waals surface area contributed by atoms with E-state index in [-0.39, 0.29) is 10.9 Å². The standard InChI is InChI=1S/C17H15ClN4O2S/c1-11(12-6-5-7-13(10-12)22(23)24)25-17-20-19-16(21(17)2)14-8-3-4-9-15(14)18/h3-11H,1-2H3/t11-/m0/s1. The quantitative estimate of drug-likeness (QED) is 0.361. The van der Waals surface area contributed by atoms with E-state index in [0.717, 1.165) is 11.1 Å². The molecule has 0 fully saturated rings. The van der Waals surface area contributed by atoms with E-state index < -0.39 is 4.92 Å². The van der Waals surface area contributed by atoms with Crippen molar-refractivity contribution in [1.29, 1.82) is 0 Å². The predicted molar refractivity (Wildman–Crippen MR) is 98.8 cm³/mol. The van der Waals surface area contributed by atoms with Crippen molar-refractivity contribution in [1.82, 2.24) is 14.8 Å². The largest absolute Gasteiger partial charge is 0.305 e. The Hall–Kier alpha value is -2.38. The van der Waals surface area contributed by atoms with Crippen LogP contribution in [0.1, 0.15) is 17.7 Å². The highest BCUT2D eigenvalue weighted by Gasteiger charge is 2.18. The molecular formula is C17H15ClN4O2S. The average molecular weight is 375 g/mol. The molecule has 0 radical (unpaired) electrons. The Morgan fingerprint density at radius 3 is 2.68 bits per heavy atom. The highest BCUT2D eigenvalue weighted by atomic mass is 35.5. The van der Waals surface area contributed by atoms with E-state index in [9.17, 15) is 10.1 Å². The van der Waals surface area contributed by atoms with Crippen LogP contribution in [0, 0.1) is 10.1 Å². The van der Waals surface area contributed by atoms with Crippen LogP contribution >= 0.6 is 23.4 Å². The van der Waals surface area contributed by atoms with E-state index in [1.807, 2.05) is 48.9 Å². The molecule has 0 aliphatic heterocycles. The maximum atomic E-state index is 10.9. The van der Waals surface area contributed by atoms with Crippen LogP contribution in [0.3, 0.4) is 0 Å². The van der Waals surface area contributed by atoms with Crippen LogP contribution in [-0.2, 0) is 7.05 Å². The van der Waals surface area contributed by atoms with E-state index in [1.54, 1.807) is 12.1 Å². The summed E-state index contributed by atoms with van der Waals surface area (Å²) in [5, 5.41) is 20.7. The van der Waals surface area contributed by atoms with Crippen molar-refractivity contribution in [3.63, 3.8) is 0 Å². The summed E-state index contributed by atoms with van der Waals surface area (Å²) in [5.74, 6) is 0.680. The molecule has 0 saturated heterocycles. The van der Waals surface area contributed by atoms with Crippen molar-refractivity contribution in [3.8, 4) is 11.4 Å². The van der Waals surface area contributed by atoms with Gasteiger partial charge in [0, 0.05) is 30.0 Å². The number of benzene rings is 2. The van der Waals surface area contributed by atoms with Crippen molar-refractivity contribution in [2.45, 2.75) is 17.3 Å². The maximum Gasteiger partial charge on any atom is 0.269 e. The van der Waals surface area contributed by atoms with Gasteiger partial charge in [-0.05, 0) is 24.6 Å². The third-order valence-corrected chi connectivity index (χ3v) is 5.30. The fraction of sp³-hybridized carbons (Fsp3) is 0.176. The summed E-state index contributed by atoms with van der Waals surface area (Å²) in [6, 6.07) is 14.1. The first kappa shape index (κ1) is 17.4. The van der Waals surface area contributed by atoms with Crippen molar-refractivity contribution in [2.75, 3.05) is 0 Å². The second-order valence-electron chi connectivity index (χ2n) is 5.46. The summed E-state index contributed by atoms with van der Waals surface area (Å²) in [7, 11) is 1.88. The van der Waals surface area contributed by atoms with Gasteiger partial charge in [0.2, 0.25) is 0 Å². The van der Waals surface area contributed by atoms with E-state index in [2.05, 4.69) is 10.2 Å². The number of hydrogen-bond donors (Lipinski definition) is 0. The third-order valence-electron chi connectivity index (χ3n) is 3.78. The summed E-state index contributed by atoms with van der Waals surface area (Å²) >= 11 is 7.73. The lowest BCUT2D eigenvalue weighted by molar-refractivity contribution is -0.384. The van der Waals surface area contributed by atoms with Crippen LogP contribution in [-0.4, -0.2) is 19.7 Å². The van der Waals surface area contributed by atoms with Crippen molar-refractivity contribution >= 4 is 29.1 Å². The molecule has 128 valence electrons. The van der Waals surface area contributed by atoms with Gasteiger partial charge in [-0.2, -0.15) is 0 Å². The van der Waals surface area contributed by atoms with E-state index >= 15 is 0 Å². The Labute approximate surface area is 154 Å². The smallest absolute Gasteiger partial charge is 0.269 e. The first-order chi connectivity index (χ1) is 12.0. The maximum absolute atomic E-state index is 10.9. The molecule has 0 bridgehead atoms. The van der Waals surface area contributed by atoms with E-state index in [4.69, 9.17) is 11.6 Å². The lowest BCUT2D eigenvalue weighted by atomic mass is 10.1. The fourth-order valence-electron chi connectivity index (χ4n) is 2.41. The van der Waals surface area contributed by atoms with E-state index in [1.165, 1.54) is 17.8 Å². The van der Waals surface area contributed by atoms with Crippen molar-refractivity contribution < 1.29 is 4.92 Å². The SMILES string of the molecule is C[C@H](Sc1nnc(-c2ccccc2Cl)n1C)c1cccc([N+](=O)[O-])c1. The van der Waals surface area contributed by atoms with Gasteiger partial charge >= 0.3 is 0 Å². The van der Waals surface area contributed by atoms with Gasteiger partial charge in [0.15, 0.2) is 11.0 Å². The number of nitrogens with zero attached hydrogens (tertiary/aromatic N) is 4. The molecule has 2 aromatic carbocycles. The number of halogens is 1. The molecule has 25 heavy (non-hydrogen) atoms. The second kappa shape index (κ2) is 7.25. The molecular weight excluding hydrogens is 360 g/mol. The zero-order valence-corrected chi connectivity index (χ0v) is 15.2. The Balaban J connectivity index is 1.86. The molecule has 1 atom stereocenters. The van der Waals surface area contributed by atoms with Crippen LogP contribution in [0.5, 0.6) is 0 Å². The van der Waals surface area contributed by atoms with Crippen LogP contribution in [0.15, 0.2) is 53.7 Å². The molecule has 0 spiro atoms. The fourth-order valence-corrected chi connectivity index (χ4v) is 3.56. The summed E-state index contributed by atoms with van der Waals surface area (Å²) in [6.45, 7) is 1.98. The minimum Gasteiger partial charge on any atom is -0.305 e. The molecule has 0 amide bonds. The predicted octanol–water partition coefficient (Wildman–Crippen LogP) is 4.90.